The third kappa shape index (κ3) is 4.09. The Bertz CT molecular complexity index is 568. The van der Waals surface area contributed by atoms with Gasteiger partial charge in [0.15, 0.2) is 11.5 Å². The molecule has 0 aromatic heterocycles. The summed E-state index contributed by atoms with van der Waals surface area (Å²) in [4.78, 5) is 0.189. The molecule has 2 rings (SSSR count). The second-order valence-electron chi connectivity index (χ2n) is 5.06. The number of hydrogen-bond donors (Lipinski definition) is 2. The Morgan fingerprint density at radius 2 is 1.86 bits per heavy atom. The van der Waals surface area contributed by atoms with Crippen LogP contribution in [0.15, 0.2) is 23.1 Å². The first-order valence-electron chi connectivity index (χ1n) is 6.99. The lowest BCUT2D eigenvalue weighted by atomic mass is 9.99. The van der Waals surface area contributed by atoms with E-state index in [1.165, 1.54) is 26.4 Å². The van der Waals surface area contributed by atoms with E-state index in [9.17, 15) is 8.42 Å². The number of rotatable bonds is 6. The fraction of sp³-hybridized carbons (Fsp3) is 0.571. The van der Waals surface area contributed by atoms with Gasteiger partial charge < -0.3 is 14.8 Å². The van der Waals surface area contributed by atoms with Crippen LogP contribution in [0.1, 0.15) is 12.8 Å². The zero-order chi connectivity index (χ0) is 15.3. The van der Waals surface area contributed by atoms with Crippen molar-refractivity contribution in [3.05, 3.63) is 18.2 Å². The Balaban J connectivity index is 2.07. The molecule has 1 saturated heterocycles. The van der Waals surface area contributed by atoms with Gasteiger partial charge in [-0.15, -0.1) is 0 Å². The van der Waals surface area contributed by atoms with Crippen LogP contribution in [0, 0.1) is 5.92 Å². The zero-order valence-electron chi connectivity index (χ0n) is 12.4. The lowest BCUT2D eigenvalue weighted by Gasteiger charge is -2.22. The molecule has 0 amide bonds. The van der Waals surface area contributed by atoms with Crippen molar-refractivity contribution in [1.29, 1.82) is 0 Å². The maximum Gasteiger partial charge on any atom is 0.240 e. The van der Waals surface area contributed by atoms with E-state index in [4.69, 9.17) is 9.47 Å². The van der Waals surface area contributed by atoms with Crippen molar-refractivity contribution in [2.24, 2.45) is 5.92 Å². The molecule has 1 heterocycles. The highest BCUT2D eigenvalue weighted by atomic mass is 32.2. The smallest absolute Gasteiger partial charge is 0.240 e. The van der Waals surface area contributed by atoms with E-state index in [0.29, 0.717) is 24.0 Å². The van der Waals surface area contributed by atoms with Gasteiger partial charge in [-0.3, -0.25) is 0 Å². The van der Waals surface area contributed by atoms with Crippen LogP contribution in [0.2, 0.25) is 0 Å². The number of methoxy groups -OCH3 is 2. The summed E-state index contributed by atoms with van der Waals surface area (Å²) >= 11 is 0. The van der Waals surface area contributed by atoms with E-state index in [1.54, 1.807) is 6.07 Å². The van der Waals surface area contributed by atoms with Gasteiger partial charge >= 0.3 is 0 Å². The standard InChI is InChI=1S/C14H22N2O4S/c1-19-13-4-3-12(9-14(13)20-2)21(17,18)16-10-11-5-7-15-8-6-11/h3-4,9,11,15-16H,5-8,10H2,1-2H3. The molecule has 0 radical (unpaired) electrons. The van der Waals surface area contributed by atoms with Gasteiger partial charge in [0.2, 0.25) is 10.0 Å². The number of ether oxygens (including phenoxy) is 2. The van der Waals surface area contributed by atoms with Gasteiger partial charge in [-0.2, -0.15) is 0 Å². The summed E-state index contributed by atoms with van der Waals surface area (Å²) < 4.78 is 37.6. The average Bonchev–Trinajstić information content (AvgIpc) is 2.53. The third-order valence-corrected chi connectivity index (χ3v) is 5.11. The van der Waals surface area contributed by atoms with Crippen LogP contribution in [0.4, 0.5) is 0 Å². The van der Waals surface area contributed by atoms with Gasteiger partial charge in [0.05, 0.1) is 19.1 Å². The fourth-order valence-electron chi connectivity index (χ4n) is 2.38. The Hall–Kier alpha value is -1.31. The minimum atomic E-state index is -3.52. The molecule has 1 aliphatic rings. The molecule has 0 unspecified atom stereocenters. The third-order valence-electron chi connectivity index (χ3n) is 3.69. The van der Waals surface area contributed by atoms with Gasteiger partial charge in [-0.25, -0.2) is 13.1 Å². The first kappa shape index (κ1) is 16.1. The topological polar surface area (TPSA) is 76.7 Å². The van der Waals surface area contributed by atoms with Crippen molar-refractivity contribution >= 4 is 10.0 Å². The summed E-state index contributed by atoms with van der Waals surface area (Å²) in [6, 6.07) is 4.59. The lowest BCUT2D eigenvalue weighted by Crippen LogP contribution is -2.35. The van der Waals surface area contributed by atoms with Crippen molar-refractivity contribution in [2.45, 2.75) is 17.7 Å². The summed E-state index contributed by atoms with van der Waals surface area (Å²) in [5.74, 6) is 1.30. The van der Waals surface area contributed by atoms with E-state index in [-0.39, 0.29) is 4.90 Å². The Morgan fingerprint density at radius 3 is 2.48 bits per heavy atom. The molecule has 21 heavy (non-hydrogen) atoms. The van der Waals surface area contributed by atoms with Crippen LogP contribution in [0.3, 0.4) is 0 Å². The SMILES string of the molecule is COc1ccc(S(=O)(=O)NCC2CCNCC2)cc1OC. The summed E-state index contributed by atoms with van der Waals surface area (Å²) in [5, 5.41) is 3.26. The van der Waals surface area contributed by atoms with Crippen LogP contribution >= 0.6 is 0 Å². The zero-order valence-corrected chi connectivity index (χ0v) is 13.2. The largest absolute Gasteiger partial charge is 0.493 e. The van der Waals surface area contributed by atoms with Gasteiger partial charge in [0.25, 0.3) is 0 Å². The molecular weight excluding hydrogens is 292 g/mol. The summed E-state index contributed by atoms with van der Waals surface area (Å²) in [6.45, 7) is 2.36. The Morgan fingerprint density at radius 1 is 1.19 bits per heavy atom. The molecular formula is C14H22N2O4S. The Labute approximate surface area is 125 Å². The highest BCUT2D eigenvalue weighted by molar-refractivity contribution is 7.89. The van der Waals surface area contributed by atoms with Gasteiger partial charge in [-0.05, 0) is 44.0 Å². The first-order valence-corrected chi connectivity index (χ1v) is 8.47. The molecule has 6 nitrogen and oxygen atoms in total. The van der Waals surface area contributed by atoms with Crippen LogP contribution in [0.25, 0.3) is 0 Å². The fourth-order valence-corrected chi connectivity index (χ4v) is 3.51. The van der Waals surface area contributed by atoms with Gasteiger partial charge in [0, 0.05) is 12.6 Å². The molecule has 0 saturated carbocycles. The molecule has 1 aliphatic heterocycles. The van der Waals surface area contributed by atoms with Crippen molar-refractivity contribution in [3.8, 4) is 11.5 Å². The summed E-state index contributed by atoms with van der Waals surface area (Å²) in [7, 11) is -0.525. The molecule has 1 aromatic rings. The van der Waals surface area contributed by atoms with Crippen LogP contribution in [0.5, 0.6) is 11.5 Å². The maximum atomic E-state index is 12.3. The van der Waals surface area contributed by atoms with E-state index < -0.39 is 10.0 Å². The second-order valence-corrected chi connectivity index (χ2v) is 6.83. The van der Waals surface area contributed by atoms with Gasteiger partial charge in [-0.1, -0.05) is 0 Å². The van der Waals surface area contributed by atoms with Crippen molar-refractivity contribution < 1.29 is 17.9 Å². The monoisotopic (exact) mass is 314 g/mol. The summed E-state index contributed by atoms with van der Waals surface area (Å²) in [6.07, 6.45) is 1.99. The minimum absolute atomic E-state index is 0.189. The molecule has 0 spiro atoms. The molecule has 7 heteroatoms. The van der Waals surface area contributed by atoms with Crippen LogP contribution in [-0.2, 0) is 10.0 Å². The number of sulfonamides is 1. The molecule has 1 fully saturated rings. The van der Waals surface area contributed by atoms with Crippen LogP contribution in [-0.4, -0.2) is 42.3 Å². The van der Waals surface area contributed by atoms with E-state index in [1.807, 2.05) is 0 Å². The molecule has 0 bridgehead atoms. The van der Waals surface area contributed by atoms with E-state index >= 15 is 0 Å². The predicted octanol–water partition coefficient (Wildman–Crippen LogP) is 0.982. The van der Waals surface area contributed by atoms with Crippen molar-refractivity contribution in [3.63, 3.8) is 0 Å². The normalized spacial score (nSPS) is 16.7. The maximum absolute atomic E-state index is 12.3. The number of hydrogen-bond acceptors (Lipinski definition) is 5. The van der Waals surface area contributed by atoms with Crippen molar-refractivity contribution in [1.82, 2.24) is 10.0 Å². The van der Waals surface area contributed by atoms with Crippen LogP contribution < -0.4 is 19.5 Å². The molecule has 1 aromatic carbocycles. The average molecular weight is 314 g/mol. The van der Waals surface area contributed by atoms with E-state index in [0.717, 1.165) is 25.9 Å². The molecule has 0 atom stereocenters. The van der Waals surface area contributed by atoms with Crippen molar-refractivity contribution in [2.75, 3.05) is 33.9 Å². The summed E-state index contributed by atoms with van der Waals surface area (Å²) in [5.41, 5.74) is 0. The first-order chi connectivity index (χ1) is 10.1. The second kappa shape index (κ2) is 7.11. The van der Waals surface area contributed by atoms with E-state index in [2.05, 4.69) is 10.0 Å². The van der Waals surface area contributed by atoms with Gasteiger partial charge in [0.1, 0.15) is 0 Å². The molecule has 2 N–H and O–H groups in total. The quantitative estimate of drug-likeness (QED) is 0.818. The Kier molecular flexibility index (Phi) is 5.44. The number of nitrogens with one attached hydrogen (secondary N) is 2. The highest BCUT2D eigenvalue weighted by Gasteiger charge is 2.20. The lowest BCUT2D eigenvalue weighted by molar-refractivity contribution is 0.353. The number of piperidine rings is 1. The number of benzene rings is 1. The molecule has 0 aliphatic carbocycles. The minimum Gasteiger partial charge on any atom is -0.493 e. The molecule has 118 valence electrons. The predicted molar refractivity (Wildman–Crippen MR) is 80.3 cm³/mol. The highest BCUT2D eigenvalue weighted by Crippen LogP contribution is 2.29.